The van der Waals surface area contributed by atoms with Gasteiger partial charge in [0.05, 0.1) is 11.0 Å². The summed E-state index contributed by atoms with van der Waals surface area (Å²) in [7, 11) is 0. The summed E-state index contributed by atoms with van der Waals surface area (Å²) in [6, 6.07) is 79.4. The van der Waals surface area contributed by atoms with Crippen LogP contribution in [0.1, 0.15) is 0 Å². The van der Waals surface area contributed by atoms with E-state index in [-0.39, 0.29) is 0 Å². The van der Waals surface area contributed by atoms with Crippen molar-refractivity contribution < 1.29 is 0 Å². The Morgan fingerprint density at radius 1 is 0.298 bits per heavy atom. The first-order chi connectivity index (χ1) is 28.2. The molecule has 0 aliphatic carbocycles. The summed E-state index contributed by atoms with van der Waals surface area (Å²) in [4.78, 5) is 2.39. The van der Waals surface area contributed by atoms with Crippen LogP contribution in [0.5, 0.6) is 0 Å². The zero-order chi connectivity index (χ0) is 37.7. The maximum absolute atomic E-state index is 2.39. The molecule has 0 saturated heterocycles. The number of benzene rings is 9. The molecular formula is C54H36N2S. The average Bonchev–Trinajstić information content (AvgIpc) is 3.82. The molecule has 3 heteroatoms. The third kappa shape index (κ3) is 5.88. The van der Waals surface area contributed by atoms with Crippen molar-refractivity contribution >= 4 is 70.4 Å². The highest BCUT2D eigenvalue weighted by Crippen LogP contribution is 2.42. The smallest absolute Gasteiger partial charge is 0.0561 e. The van der Waals surface area contributed by atoms with Gasteiger partial charge in [-0.15, -0.1) is 11.3 Å². The van der Waals surface area contributed by atoms with Crippen LogP contribution in [-0.4, -0.2) is 4.57 Å². The monoisotopic (exact) mass is 744 g/mol. The van der Waals surface area contributed by atoms with Crippen molar-refractivity contribution in [1.82, 2.24) is 4.57 Å². The third-order valence-electron chi connectivity index (χ3n) is 11.2. The fraction of sp³-hybridized carbons (Fsp3) is 0. The number of para-hydroxylation sites is 2. The molecule has 0 saturated carbocycles. The van der Waals surface area contributed by atoms with Crippen LogP contribution in [0.15, 0.2) is 218 Å². The Morgan fingerprint density at radius 3 is 1.65 bits per heavy atom. The normalized spacial score (nSPS) is 11.5. The van der Waals surface area contributed by atoms with Crippen molar-refractivity contribution in [1.29, 1.82) is 0 Å². The van der Waals surface area contributed by atoms with Gasteiger partial charge in [0, 0.05) is 53.7 Å². The van der Waals surface area contributed by atoms with Gasteiger partial charge < -0.3 is 9.47 Å². The molecule has 0 radical (unpaired) electrons. The SMILES string of the molecule is c1ccc(-c2cccc(N(c3ccc(-c4cccc(-c5ccc6c(c5)sc5ccccc56)c4)cc3)c3ccc4c5ccccc5n(-c5ccccc5)c4c3)c2)cc1. The summed E-state index contributed by atoms with van der Waals surface area (Å²) < 4.78 is 5.04. The van der Waals surface area contributed by atoms with Crippen molar-refractivity contribution in [3.8, 4) is 39.1 Å². The second kappa shape index (κ2) is 13.8. The molecule has 0 N–H and O–H groups in total. The van der Waals surface area contributed by atoms with E-state index in [1.807, 2.05) is 11.3 Å². The molecule has 2 aromatic heterocycles. The van der Waals surface area contributed by atoms with Gasteiger partial charge in [-0.2, -0.15) is 0 Å². The third-order valence-corrected chi connectivity index (χ3v) is 12.3. The van der Waals surface area contributed by atoms with E-state index >= 15 is 0 Å². The highest BCUT2D eigenvalue weighted by molar-refractivity contribution is 7.25. The molecule has 268 valence electrons. The van der Waals surface area contributed by atoms with Crippen LogP contribution in [0.4, 0.5) is 17.1 Å². The number of fused-ring (bicyclic) bond motifs is 6. The Balaban J connectivity index is 1.02. The summed E-state index contributed by atoms with van der Waals surface area (Å²) in [5.74, 6) is 0. The van der Waals surface area contributed by atoms with E-state index in [0.29, 0.717) is 0 Å². The van der Waals surface area contributed by atoms with Crippen molar-refractivity contribution in [2.75, 3.05) is 4.90 Å². The van der Waals surface area contributed by atoms with E-state index in [0.717, 1.165) is 22.7 Å². The number of nitrogens with zero attached hydrogens (tertiary/aromatic N) is 2. The van der Waals surface area contributed by atoms with Gasteiger partial charge in [-0.1, -0.05) is 146 Å². The maximum Gasteiger partial charge on any atom is 0.0561 e. The molecule has 0 fully saturated rings. The minimum atomic E-state index is 1.09. The van der Waals surface area contributed by atoms with E-state index in [1.54, 1.807) is 0 Å². The fourth-order valence-corrected chi connectivity index (χ4v) is 9.59. The van der Waals surface area contributed by atoms with Gasteiger partial charge in [-0.3, -0.25) is 0 Å². The quantitative estimate of drug-likeness (QED) is 0.158. The fourth-order valence-electron chi connectivity index (χ4n) is 8.44. The number of hydrogen-bond acceptors (Lipinski definition) is 2. The molecule has 0 aliphatic heterocycles. The van der Waals surface area contributed by atoms with Crippen LogP contribution in [0.25, 0.3) is 81.0 Å². The summed E-state index contributed by atoms with van der Waals surface area (Å²) in [6.45, 7) is 0. The Labute approximate surface area is 335 Å². The van der Waals surface area contributed by atoms with Crippen LogP contribution < -0.4 is 4.90 Å². The average molecular weight is 745 g/mol. The molecular weight excluding hydrogens is 709 g/mol. The number of aromatic nitrogens is 1. The molecule has 0 amide bonds. The minimum Gasteiger partial charge on any atom is -0.310 e. The van der Waals surface area contributed by atoms with Gasteiger partial charge in [0.25, 0.3) is 0 Å². The lowest BCUT2D eigenvalue weighted by molar-refractivity contribution is 1.18. The molecule has 0 bridgehead atoms. The van der Waals surface area contributed by atoms with E-state index in [9.17, 15) is 0 Å². The predicted molar refractivity (Wildman–Crippen MR) is 245 cm³/mol. The lowest BCUT2D eigenvalue weighted by Gasteiger charge is -2.26. The highest BCUT2D eigenvalue weighted by atomic mass is 32.1. The van der Waals surface area contributed by atoms with E-state index < -0.39 is 0 Å². The molecule has 11 aromatic rings. The Bertz CT molecular complexity index is 3230. The van der Waals surface area contributed by atoms with Crippen LogP contribution in [0.3, 0.4) is 0 Å². The first kappa shape index (κ1) is 33.2. The highest BCUT2D eigenvalue weighted by Gasteiger charge is 2.18. The molecule has 9 aromatic carbocycles. The van der Waals surface area contributed by atoms with Gasteiger partial charge >= 0.3 is 0 Å². The minimum absolute atomic E-state index is 1.09. The molecule has 57 heavy (non-hydrogen) atoms. The van der Waals surface area contributed by atoms with Crippen molar-refractivity contribution in [2.45, 2.75) is 0 Å². The van der Waals surface area contributed by atoms with Crippen molar-refractivity contribution in [3.63, 3.8) is 0 Å². The summed E-state index contributed by atoms with van der Waals surface area (Å²) in [5, 5.41) is 5.14. The second-order valence-electron chi connectivity index (χ2n) is 14.6. The largest absolute Gasteiger partial charge is 0.310 e. The molecule has 0 spiro atoms. The van der Waals surface area contributed by atoms with E-state index in [1.165, 1.54) is 75.4 Å². The molecule has 0 atom stereocenters. The topological polar surface area (TPSA) is 8.17 Å². The summed E-state index contributed by atoms with van der Waals surface area (Å²) >= 11 is 1.87. The standard InChI is InChI=1S/C54H36N2S/c1-3-13-37(14-4-1)41-17-12-20-45(34-41)55(46-30-32-48-47-21-7-9-23-51(47)56(52(48)36-46)43-18-5-2-6-19-43)44-28-25-38(26-29-44)39-15-11-16-40(33-39)42-27-31-50-49-22-8-10-24-53(49)57-54(50)35-42/h1-36H. The van der Waals surface area contributed by atoms with Gasteiger partial charge in [-0.05, 0) is 106 Å². The van der Waals surface area contributed by atoms with Crippen LogP contribution in [-0.2, 0) is 0 Å². The zero-order valence-electron chi connectivity index (χ0n) is 31.1. The van der Waals surface area contributed by atoms with Crippen molar-refractivity contribution in [2.24, 2.45) is 0 Å². The lowest BCUT2D eigenvalue weighted by atomic mass is 9.98. The number of hydrogen-bond donors (Lipinski definition) is 0. The Morgan fingerprint density at radius 2 is 0.825 bits per heavy atom. The lowest BCUT2D eigenvalue weighted by Crippen LogP contribution is -2.10. The van der Waals surface area contributed by atoms with Gasteiger partial charge in [0.15, 0.2) is 0 Å². The first-order valence-corrected chi connectivity index (χ1v) is 20.2. The number of anilines is 3. The van der Waals surface area contributed by atoms with Crippen LogP contribution in [0, 0.1) is 0 Å². The predicted octanol–water partition coefficient (Wildman–Crippen LogP) is 15.6. The second-order valence-corrected chi connectivity index (χ2v) is 15.7. The molecule has 0 unspecified atom stereocenters. The van der Waals surface area contributed by atoms with Crippen molar-refractivity contribution in [3.05, 3.63) is 218 Å². The number of rotatable bonds is 7. The maximum atomic E-state index is 2.39. The van der Waals surface area contributed by atoms with Gasteiger partial charge in [-0.25, -0.2) is 0 Å². The van der Waals surface area contributed by atoms with Crippen LogP contribution >= 0.6 is 11.3 Å². The number of thiophene rings is 1. The summed E-state index contributed by atoms with van der Waals surface area (Å²) in [5.41, 5.74) is 14.0. The Kier molecular flexibility index (Phi) is 8.04. The van der Waals surface area contributed by atoms with Gasteiger partial charge in [0.2, 0.25) is 0 Å². The molecule has 11 rings (SSSR count). The first-order valence-electron chi connectivity index (χ1n) is 19.4. The molecule has 2 heterocycles. The molecule has 0 aliphatic rings. The van der Waals surface area contributed by atoms with E-state index in [4.69, 9.17) is 0 Å². The Hall–Kier alpha value is -7.20. The van der Waals surface area contributed by atoms with E-state index in [2.05, 4.69) is 228 Å². The molecule has 2 nitrogen and oxygen atoms in total. The zero-order valence-corrected chi connectivity index (χ0v) is 31.9. The van der Waals surface area contributed by atoms with Gasteiger partial charge in [0.1, 0.15) is 0 Å². The van der Waals surface area contributed by atoms with Crippen LogP contribution in [0.2, 0.25) is 0 Å². The summed E-state index contributed by atoms with van der Waals surface area (Å²) in [6.07, 6.45) is 0.